The van der Waals surface area contributed by atoms with E-state index in [0.717, 1.165) is 28.8 Å². The molecule has 142 valence electrons. The Morgan fingerprint density at radius 3 is 2.24 bits per heavy atom. The maximum absolute atomic E-state index is 12.4. The zero-order valence-electron chi connectivity index (χ0n) is 15.8. The minimum Gasteiger partial charge on any atom is -0.484 e. The van der Waals surface area contributed by atoms with Gasteiger partial charge in [0.2, 0.25) is 0 Å². The number of nitrogens with zero attached hydrogens (tertiary/aromatic N) is 3. The Morgan fingerprint density at radius 1 is 0.931 bits per heavy atom. The number of carbonyl (C=O) groups is 1. The number of benzene rings is 3. The molecule has 0 radical (unpaired) electrons. The van der Waals surface area contributed by atoms with Crippen molar-refractivity contribution in [1.29, 1.82) is 5.26 Å². The Hall–Kier alpha value is -3.91. The van der Waals surface area contributed by atoms with Gasteiger partial charge in [0, 0.05) is 6.42 Å². The molecule has 0 saturated carbocycles. The van der Waals surface area contributed by atoms with Gasteiger partial charge in [-0.15, -0.1) is 0 Å². The van der Waals surface area contributed by atoms with Crippen LogP contribution in [0.5, 0.6) is 5.75 Å². The first kappa shape index (κ1) is 18.5. The van der Waals surface area contributed by atoms with Crippen molar-refractivity contribution in [2.45, 2.75) is 6.42 Å². The summed E-state index contributed by atoms with van der Waals surface area (Å²) in [6.45, 7) is 0.520. The van der Waals surface area contributed by atoms with Crippen molar-refractivity contribution in [1.82, 2.24) is 5.01 Å². The van der Waals surface area contributed by atoms with Gasteiger partial charge in [-0.2, -0.15) is 10.4 Å². The molecule has 29 heavy (non-hydrogen) atoms. The first-order chi connectivity index (χ1) is 14.2. The third-order valence-electron chi connectivity index (χ3n) is 4.76. The van der Waals surface area contributed by atoms with Gasteiger partial charge in [-0.3, -0.25) is 4.79 Å². The minimum atomic E-state index is -0.160. The maximum Gasteiger partial charge on any atom is 0.280 e. The fourth-order valence-electron chi connectivity index (χ4n) is 3.17. The summed E-state index contributed by atoms with van der Waals surface area (Å²) in [7, 11) is 0. The lowest BCUT2D eigenvalue weighted by molar-refractivity contribution is -0.132. The average Bonchev–Trinajstić information content (AvgIpc) is 3.29. The van der Waals surface area contributed by atoms with Crippen molar-refractivity contribution >= 4 is 11.6 Å². The van der Waals surface area contributed by atoms with Crippen LogP contribution < -0.4 is 4.74 Å². The zero-order valence-corrected chi connectivity index (χ0v) is 15.8. The summed E-state index contributed by atoms with van der Waals surface area (Å²) in [6, 6.07) is 26.9. The topological polar surface area (TPSA) is 65.7 Å². The predicted molar refractivity (Wildman–Crippen MR) is 111 cm³/mol. The highest BCUT2D eigenvalue weighted by molar-refractivity contribution is 6.02. The van der Waals surface area contributed by atoms with Gasteiger partial charge in [0.15, 0.2) is 6.61 Å². The highest BCUT2D eigenvalue weighted by Crippen LogP contribution is 2.23. The Morgan fingerprint density at radius 2 is 1.59 bits per heavy atom. The van der Waals surface area contributed by atoms with Gasteiger partial charge in [-0.1, -0.05) is 54.6 Å². The van der Waals surface area contributed by atoms with E-state index in [1.807, 2.05) is 66.7 Å². The molecular weight excluding hydrogens is 362 g/mol. The monoisotopic (exact) mass is 381 g/mol. The molecule has 0 N–H and O–H groups in total. The van der Waals surface area contributed by atoms with Crippen LogP contribution in [0.3, 0.4) is 0 Å². The van der Waals surface area contributed by atoms with Crippen LogP contribution in [0.4, 0.5) is 0 Å². The van der Waals surface area contributed by atoms with Crippen molar-refractivity contribution in [2.24, 2.45) is 5.10 Å². The first-order valence-corrected chi connectivity index (χ1v) is 9.39. The molecule has 1 heterocycles. The number of hydrogen-bond donors (Lipinski definition) is 0. The van der Waals surface area contributed by atoms with Gasteiger partial charge in [0.1, 0.15) is 5.75 Å². The summed E-state index contributed by atoms with van der Waals surface area (Å²) in [5.74, 6) is 0.467. The van der Waals surface area contributed by atoms with Crippen LogP contribution in [-0.4, -0.2) is 29.8 Å². The second-order valence-electron chi connectivity index (χ2n) is 6.68. The van der Waals surface area contributed by atoms with E-state index in [2.05, 4.69) is 11.2 Å². The zero-order chi connectivity index (χ0) is 20.1. The molecule has 4 rings (SSSR count). The molecule has 3 aromatic rings. The largest absolute Gasteiger partial charge is 0.484 e. The van der Waals surface area contributed by atoms with Crippen molar-refractivity contribution in [3.63, 3.8) is 0 Å². The van der Waals surface area contributed by atoms with Crippen LogP contribution in [0.25, 0.3) is 11.1 Å². The molecule has 1 aliphatic rings. The molecule has 5 nitrogen and oxygen atoms in total. The number of hydrogen-bond acceptors (Lipinski definition) is 4. The van der Waals surface area contributed by atoms with Crippen LogP contribution in [-0.2, 0) is 4.79 Å². The van der Waals surface area contributed by atoms with E-state index in [0.29, 0.717) is 17.9 Å². The van der Waals surface area contributed by atoms with Gasteiger partial charge < -0.3 is 4.74 Å². The van der Waals surface area contributed by atoms with Crippen LogP contribution >= 0.6 is 0 Å². The van der Waals surface area contributed by atoms with Gasteiger partial charge in [-0.25, -0.2) is 5.01 Å². The lowest BCUT2D eigenvalue weighted by Crippen LogP contribution is -2.28. The fraction of sp³-hybridized carbons (Fsp3) is 0.125. The Bertz CT molecular complexity index is 1070. The highest BCUT2D eigenvalue weighted by atomic mass is 16.5. The Kier molecular flexibility index (Phi) is 5.35. The van der Waals surface area contributed by atoms with Gasteiger partial charge in [0.25, 0.3) is 5.91 Å². The van der Waals surface area contributed by atoms with Crippen LogP contribution in [0.2, 0.25) is 0 Å². The molecule has 1 aliphatic heterocycles. The van der Waals surface area contributed by atoms with E-state index < -0.39 is 0 Å². The molecule has 0 fully saturated rings. The summed E-state index contributed by atoms with van der Waals surface area (Å²) in [5.41, 5.74) is 4.64. The molecule has 0 bridgehead atoms. The first-order valence-electron chi connectivity index (χ1n) is 9.39. The van der Waals surface area contributed by atoms with Crippen molar-refractivity contribution in [3.05, 3.63) is 90.0 Å². The quantitative estimate of drug-likeness (QED) is 0.664. The lowest BCUT2D eigenvalue weighted by Gasteiger charge is -2.12. The third-order valence-corrected chi connectivity index (χ3v) is 4.76. The van der Waals surface area contributed by atoms with E-state index in [1.54, 1.807) is 12.1 Å². The third kappa shape index (κ3) is 4.33. The van der Waals surface area contributed by atoms with E-state index in [9.17, 15) is 4.79 Å². The second kappa shape index (κ2) is 8.41. The number of carbonyl (C=O) groups excluding carboxylic acids is 1. The summed E-state index contributed by atoms with van der Waals surface area (Å²) in [4.78, 5) is 12.4. The molecule has 5 heteroatoms. The molecule has 3 aromatic carbocycles. The SMILES string of the molecule is N#Cc1ccc(-c2ccc(OCC(=O)N3CCC(c4ccccc4)=N3)cc2)cc1. The number of rotatable bonds is 5. The van der Waals surface area contributed by atoms with E-state index in [-0.39, 0.29) is 12.5 Å². The van der Waals surface area contributed by atoms with Crippen molar-refractivity contribution < 1.29 is 9.53 Å². The molecule has 0 aliphatic carbocycles. The molecule has 0 unspecified atom stereocenters. The van der Waals surface area contributed by atoms with Crippen molar-refractivity contribution in [3.8, 4) is 22.9 Å². The lowest BCUT2D eigenvalue weighted by atomic mass is 10.0. The molecule has 0 spiro atoms. The Labute approximate surface area is 169 Å². The van der Waals surface area contributed by atoms with Crippen molar-refractivity contribution in [2.75, 3.05) is 13.2 Å². The van der Waals surface area contributed by atoms with Crippen LogP contribution in [0.15, 0.2) is 84.0 Å². The summed E-state index contributed by atoms with van der Waals surface area (Å²) in [5, 5.41) is 14.8. The summed E-state index contributed by atoms with van der Waals surface area (Å²) in [6.07, 6.45) is 0.745. The van der Waals surface area contributed by atoms with Gasteiger partial charge in [-0.05, 0) is 41.0 Å². The molecule has 0 aromatic heterocycles. The summed E-state index contributed by atoms with van der Waals surface area (Å²) >= 11 is 0. The highest BCUT2D eigenvalue weighted by Gasteiger charge is 2.21. The molecular formula is C24H19N3O2. The molecule has 1 amide bonds. The van der Waals surface area contributed by atoms with E-state index in [1.165, 1.54) is 5.01 Å². The smallest absolute Gasteiger partial charge is 0.280 e. The fourth-order valence-corrected chi connectivity index (χ4v) is 3.17. The van der Waals surface area contributed by atoms with E-state index >= 15 is 0 Å². The Balaban J connectivity index is 1.35. The molecule has 0 saturated heterocycles. The molecule has 0 atom stereocenters. The number of ether oxygens (including phenoxy) is 1. The maximum atomic E-state index is 12.4. The van der Waals surface area contributed by atoms with Gasteiger partial charge in [0.05, 0.1) is 23.9 Å². The van der Waals surface area contributed by atoms with Crippen LogP contribution in [0, 0.1) is 11.3 Å². The second-order valence-corrected chi connectivity index (χ2v) is 6.68. The predicted octanol–water partition coefficient (Wildman–Crippen LogP) is 4.24. The number of amides is 1. The van der Waals surface area contributed by atoms with Crippen LogP contribution in [0.1, 0.15) is 17.5 Å². The summed E-state index contributed by atoms with van der Waals surface area (Å²) < 4.78 is 5.65. The normalized spacial score (nSPS) is 12.9. The standard InChI is InChI=1S/C24H19N3O2/c25-16-18-6-8-19(9-7-18)20-10-12-22(13-11-20)29-17-24(28)27-15-14-23(26-27)21-4-2-1-3-5-21/h1-13H,14-15,17H2. The average molecular weight is 381 g/mol. The number of hydrazone groups is 1. The number of nitriles is 1. The minimum absolute atomic E-state index is 0.0538. The van der Waals surface area contributed by atoms with E-state index in [4.69, 9.17) is 10.00 Å². The van der Waals surface area contributed by atoms with Gasteiger partial charge >= 0.3 is 0 Å².